The van der Waals surface area contributed by atoms with Crippen LogP contribution in [0.5, 0.6) is 11.5 Å². The van der Waals surface area contributed by atoms with Crippen molar-refractivity contribution in [2.24, 2.45) is 0 Å². The van der Waals surface area contributed by atoms with E-state index in [1.807, 2.05) is 6.92 Å². The molecule has 1 aliphatic heterocycles. The van der Waals surface area contributed by atoms with Gasteiger partial charge in [0.25, 0.3) is 5.91 Å². The summed E-state index contributed by atoms with van der Waals surface area (Å²) in [6, 6.07) is 10.1. The Labute approximate surface area is 144 Å². The van der Waals surface area contributed by atoms with E-state index >= 15 is 0 Å². The van der Waals surface area contributed by atoms with Crippen molar-refractivity contribution < 1.29 is 14.3 Å². The van der Waals surface area contributed by atoms with Crippen molar-refractivity contribution in [2.45, 2.75) is 13.0 Å². The summed E-state index contributed by atoms with van der Waals surface area (Å²) in [5.41, 5.74) is 1.31. The second-order valence-electron chi connectivity index (χ2n) is 5.22. The number of hydrogen-bond donors (Lipinski definition) is 1. The Balaban J connectivity index is 1.76. The maximum atomic E-state index is 12.4. The number of halogens is 2. The number of hydrogen-bond acceptors (Lipinski definition) is 3. The van der Waals surface area contributed by atoms with Crippen LogP contribution in [0, 0.1) is 0 Å². The zero-order chi connectivity index (χ0) is 16.4. The molecule has 0 saturated heterocycles. The summed E-state index contributed by atoms with van der Waals surface area (Å²) in [4.78, 5) is 12.4. The normalized spacial score (nSPS) is 14.2. The van der Waals surface area contributed by atoms with Gasteiger partial charge in [0.05, 0.1) is 6.04 Å². The van der Waals surface area contributed by atoms with E-state index < -0.39 is 0 Å². The lowest BCUT2D eigenvalue weighted by molar-refractivity contribution is 0.0938. The van der Waals surface area contributed by atoms with Crippen LogP contribution in [0.1, 0.15) is 28.9 Å². The zero-order valence-corrected chi connectivity index (χ0v) is 13.9. The van der Waals surface area contributed by atoms with Gasteiger partial charge in [-0.15, -0.1) is 0 Å². The van der Waals surface area contributed by atoms with Gasteiger partial charge in [-0.2, -0.15) is 0 Å². The molecular weight excluding hydrogens is 337 g/mol. The number of benzene rings is 2. The fourth-order valence-corrected chi connectivity index (χ4v) is 2.97. The van der Waals surface area contributed by atoms with Gasteiger partial charge in [0.1, 0.15) is 13.2 Å². The van der Waals surface area contributed by atoms with Crippen molar-refractivity contribution in [2.75, 3.05) is 13.2 Å². The quantitative estimate of drug-likeness (QED) is 0.898. The summed E-state index contributed by atoms with van der Waals surface area (Å²) in [5, 5.41) is 4.00. The Hall–Kier alpha value is -1.91. The molecule has 1 atom stereocenters. The molecule has 1 unspecified atom stereocenters. The third kappa shape index (κ3) is 3.54. The predicted molar refractivity (Wildman–Crippen MR) is 89.8 cm³/mol. The zero-order valence-electron chi connectivity index (χ0n) is 12.4. The highest BCUT2D eigenvalue weighted by atomic mass is 35.5. The molecule has 0 spiro atoms. The lowest BCUT2D eigenvalue weighted by Gasteiger charge is -2.20. The van der Waals surface area contributed by atoms with Gasteiger partial charge in [-0.3, -0.25) is 4.79 Å². The van der Waals surface area contributed by atoms with Crippen LogP contribution >= 0.6 is 23.2 Å². The second-order valence-corrected chi connectivity index (χ2v) is 6.06. The minimum atomic E-state index is -0.250. The Morgan fingerprint density at radius 1 is 1.09 bits per heavy atom. The van der Waals surface area contributed by atoms with Crippen molar-refractivity contribution in [1.29, 1.82) is 0 Å². The fraction of sp³-hybridized carbons (Fsp3) is 0.235. The molecule has 1 aliphatic rings. The van der Waals surface area contributed by atoms with Crippen molar-refractivity contribution in [3.8, 4) is 11.5 Å². The van der Waals surface area contributed by atoms with Crippen LogP contribution in [-0.2, 0) is 0 Å². The van der Waals surface area contributed by atoms with E-state index in [2.05, 4.69) is 5.32 Å². The van der Waals surface area contributed by atoms with Crippen molar-refractivity contribution in [3.05, 3.63) is 57.6 Å². The lowest BCUT2D eigenvalue weighted by Crippen LogP contribution is -2.27. The van der Waals surface area contributed by atoms with E-state index in [1.165, 1.54) is 0 Å². The van der Waals surface area contributed by atoms with E-state index in [-0.39, 0.29) is 11.9 Å². The van der Waals surface area contributed by atoms with Gasteiger partial charge in [-0.05, 0) is 42.8 Å². The second kappa shape index (κ2) is 6.69. The number of rotatable bonds is 3. The third-order valence-corrected chi connectivity index (χ3v) is 4.14. The average molecular weight is 352 g/mol. The van der Waals surface area contributed by atoms with E-state index in [4.69, 9.17) is 32.7 Å². The van der Waals surface area contributed by atoms with Crippen LogP contribution in [0.25, 0.3) is 0 Å². The molecule has 1 heterocycles. The molecule has 6 heteroatoms. The molecule has 2 aromatic rings. The summed E-state index contributed by atoms with van der Waals surface area (Å²) in [6.07, 6.45) is 0. The summed E-state index contributed by atoms with van der Waals surface area (Å²) in [6.45, 7) is 2.87. The molecule has 0 aromatic heterocycles. The molecule has 0 fully saturated rings. The Morgan fingerprint density at radius 3 is 2.57 bits per heavy atom. The molecule has 0 saturated carbocycles. The maximum absolute atomic E-state index is 12.4. The Kier molecular flexibility index (Phi) is 4.64. The van der Waals surface area contributed by atoms with E-state index in [0.29, 0.717) is 40.3 Å². The summed E-state index contributed by atoms with van der Waals surface area (Å²) in [7, 11) is 0. The van der Waals surface area contributed by atoms with Gasteiger partial charge in [-0.25, -0.2) is 0 Å². The Bertz CT molecular complexity index is 749. The van der Waals surface area contributed by atoms with Crippen LogP contribution in [0.15, 0.2) is 36.4 Å². The first kappa shape index (κ1) is 16.0. The Morgan fingerprint density at radius 2 is 1.83 bits per heavy atom. The van der Waals surface area contributed by atoms with E-state index in [1.54, 1.807) is 36.4 Å². The summed E-state index contributed by atoms with van der Waals surface area (Å²) >= 11 is 12.1. The lowest BCUT2D eigenvalue weighted by atomic mass is 10.1. The molecule has 3 rings (SSSR count). The fourth-order valence-electron chi connectivity index (χ4n) is 2.39. The molecule has 2 aromatic carbocycles. The van der Waals surface area contributed by atoms with Crippen LogP contribution in [0.3, 0.4) is 0 Å². The number of fused-ring (bicyclic) bond motifs is 1. The standard InChI is InChI=1S/C17H15Cl2NO3/c1-10(13-4-3-12(18)9-14(13)19)20-17(21)11-2-5-15-16(8-11)23-7-6-22-15/h2-5,8-10H,6-7H2,1H3,(H,20,21). The predicted octanol–water partition coefficient (Wildman–Crippen LogP) is 4.26. The molecular formula is C17H15Cl2NO3. The van der Waals surface area contributed by atoms with Crippen LogP contribution in [0.4, 0.5) is 0 Å². The average Bonchev–Trinajstić information content (AvgIpc) is 2.54. The maximum Gasteiger partial charge on any atom is 0.251 e. The summed E-state index contributed by atoms with van der Waals surface area (Å²) < 4.78 is 10.9. The third-order valence-electron chi connectivity index (χ3n) is 3.58. The molecule has 23 heavy (non-hydrogen) atoms. The number of amides is 1. The van der Waals surface area contributed by atoms with Gasteiger partial charge >= 0.3 is 0 Å². The molecule has 0 radical (unpaired) electrons. The molecule has 1 N–H and O–H groups in total. The minimum absolute atomic E-state index is 0.208. The van der Waals surface area contributed by atoms with Gasteiger partial charge in [0.2, 0.25) is 0 Å². The molecule has 0 aliphatic carbocycles. The topological polar surface area (TPSA) is 47.6 Å². The SMILES string of the molecule is CC(NC(=O)c1ccc2c(c1)OCCO2)c1ccc(Cl)cc1Cl. The number of carbonyl (C=O) groups excluding carboxylic acids is 1. The highest BCUT2D eigenvalue weighted by Gasteiger charge is 2.17. The van der Waals surface area contributed by atoms with Gasteiger partial charge in [0.15, 0.2) is 11.5 Å². The van der Waals surface area contributed by atoms with Gasteiger partial charge in [0, 0.05) is 15.6 Å². The van der Waals surface area contributed by atoms with Crippen molar-refractivity contribution in [3.63, 3.8) is 0 Å². The van der Waals surface area contributed by atoms with Crippen LogP contribution in [-0.4, -0.2) is 19.1 Å². The first-order valence-electron chi connectivity index (χ1n) is 7.20. The molecule has 1 amide bonds. The smallest absolute Gasteiger partial charge is 0.251 e. The first-order chi connectivity index (χ1) is 11.0. The van der Waals surface area contributed by atoms with Crippen LogP contribution < -0.4 is 14.8 Å². The minimum Gasteiger partial charge on any atom is -0.486 e. The largest absolute Gasteiger partial charge is 0.486 e. The van der Waals surface area contributed by atoms with Crippen molar-refractivity contribution >= 4 is 29.1 Å². The molecule has 4 nitrogen and oxygen atoms in total. The number of ether oxygens (including phenoxy) is 2. The molecule has 0 bridgehead atoms. The summed E-state index contributed by atoms with van der Waals surface area (Å²) in [5.74, 6) is 1.03. The van der Waals surface area contributed by atoms with Crippen molar-refractivity contribution in [1.82, 2.24) is 5.32 Å². The first-order valence-corrected chi connectivity index (χ1v) is 7.95. The highest BCUT2D eigenvalue weighted by Crippen LogP contribution is 2.31. The molecule has 120 valence electrons. The monoisotopic (exact) mass is 351 g/mol. The number of nitrogens with one attached hydrogen (secondary N) is 1. The highest BCUT2D eigenvalue weighted by molar-refractivity contribution is 6.35. The van der Waals surface area contributed by atoms with E-state index in [0.717, 1.165) is 5.56 Å². The number of carbonyl (C=O) groups is 1. The van der Waals surface area contributed by atoms with E-state index in [9.17, 15) is 4.79 Å². The van der Waals surface area contributed by atoms with Gasteiger partial charge < -0.3 is 14.8 Å². The van der Waals surface area contributed by atoms with Gasteiger partial charge in [-0.1, -0.05) is 29.3 Å². The van der Waals surface area contributed by atoms with Crippen LogP contribution in [0.2, 0.25) is 10.0 Å².